The van der Waals surface area contributed by atoms with E-state index in [1.54, 1.807) is 0 Å². The largest absolute Gasteiger partial charge is 0.361 e. The average molecular weight is 274 g/mol. The smallest absolute Gasteiger partial charge is 0.237 e. The maximum absolute atomic E-state index is 11.9. The number of likely N-dealkylation sites (N-methyl/N-ethyl adjacent to an activating group) is 1. The molecule has 0 unspecified atom stereocenters. The summed E-state index contributed by atoms with van der Waals surface area (Å²) in [6.07, 6.45) is 2.47. The summed E-state index contributed by atoms with van der Waals surface area (Å²) in [7, 11) is 3.94. The number of carbonyl (C=O) groups excluding carboxylic acids is 1. The number of aromatic nitrogens is 1. The highest BCUT2D eigenvalue weighted by Gasteiger charge is 2.15. The van der Waals surface area contributed by atoms with E-state index in [0.717, 1.165) is 23.0 Å². The summed E-state index contributed by atoms with van der Waals surface area (Å²) in [6.45, 7) is 1.43. The first-order chi connectivity index (χ1) is 9.58. The van der Waals surface area contributed by atoms with Gasteiger partial charge in [-0.1, -0.05) is 18.2 Å². The maximum Gasteiger partial charge on any atom is 0.237 e. The SMILES string of the molecule is CN(C)CCNC(=O)[C@@H](N)Cc1c[nH]c2ccccc12. The van der Waals surface area contributed by atoms with E-state index in [4.69, 9.17) is 5.73 Å². The molecule has 0 bridgehead atoms. The van der Waals surface area contributed by atoms with Crippen LogP contribution in [0.2, 0.25) is 0 Å². The van der Waals surface area contributed by atoms with Crippen LogP contribution in [-0.2, 0) is 11.2 Å². The Labute approximate surface area is 119 Å². The van der Waals surface area contributed by atoms with E-state index in [-0.39, 0.29) is 5.91 Å². The van der Waals surface area contributed by atoms with Crippen molar-refractivity contribution in [1.29, 1.82) is 0 Å². The predicted octanol–water partition coefficient (Wildman–Crippen LogP) is 0.716. The molecule has 0 aliphatic carbocycles. The highest BCUT2D eigenvalue weighted by atomic mass is 16.2. The number of nitrogens with one attached hydrogen (secondary N) is 2. The van der Waals surface area contributed by atoms with Crippen molar-refractivity contribution >= 4 is 16.8 Å². The van der Waals surface area contributed by atoms with Crippen molar-refractivity contribution in [2.45, 2.75) is 12.5 Å². The summed E-state index contributed by atoms with van der Waals surface area (Å²) in [6, 6.07) is 7.51. The Morgan fingerprint density at radius 2 is 2.15 bits per heavy atom. The molecule has 0 aliphatic rings. The first-order valence-corrected chi connectivity index (χ1v) is 6.81. The monoisotopic (exact) mass is 274 g/mol. The van der Waals surface area contributed by atoms with E-state index in [9.17, 15) is 4.79 Å². The van der Waals surface area contributed by atoms with E-state index < -0.39 is 6.04 Å². The molecular formula is C15H22N4O. The molecule has 2 rings (SSSR count). The summed E-state index contributed by atoms with van der Waals surface area (Å²) in [5.41, 5.74) is 8.13. The molecule has 0 saturated heterocycles. The van der Waals surface area contributed by atoms with Gasteiger partial charge in [-0.3, -0.25) is 4.79 Å². The minimum absolute atomic E-state index is 0.0999. The zero-order valence-corrected chi connectivity index (χ0v) is 12.0. The molecule has 0 spiro atoms. The first kappa shape index (κ1) is 14.6. The second-order valence-electron chi connectivity index (χ2n) is 5.26. The van der Waals surface area contributed by atoms with Crippen molar-refractivity contribution in [3.8, 4) is 0 Å². The van der Waals surface area contributed by atoms with Crippen LogP contribution in [0.3, 0.4) is 0 Å². The van der Waals surface area contributed by atoms with Crippen LogP contribution in [0, 0.1) is 0 Å². The van der Waals surface area contributed by atoms with Crippen LogP contribution in [0.1, 0.15) is 5.56 Å². The predicted molar refractivity (Wildman–Crippen MR) is 81.5 cm³/mol. The third-order valence-electron chi connectivity index (χ3n) is 3.31. The number of fused-ring (bicyclic) bond motifs is 1. The Bertz CT molecular complexity index is 576. The van der Waals surface area contributed by atoms with E-state index in [1.165, 1.54) is 0 Å². The van der Waals surface area contributed by atoms with Crippen LogP contribution in [0.25, 0.3) is 10.9 Å². The fraction of sp³-hybridized carbons (Fsp3) is 0.400. The minimum atomic E-state index is -0.517. The van der Waals surface area contributed by atoms with Gasteiger partial charge in [0.25, 0.3) is 0 Å². The highest BCUT2D eigenvalue weighted by Crippen LogP contribution is 2.18. The lowest BCUT2D eigenvalue weighted by atomic mass is 10.1. The number of para-hydroxylation sites is 1. The number of H-pyrrole nitrogens is 1. The van der Waals surface area contributed by atoms with Crippen molar-refractivity contribution in [3.05, 3.63) is 36.0 Å². The Kier molecular flexibility index (Phi) is 4.76. The minimum Gasteiger partial charge on any atom is -0.361 e. The van der Waals surface area contributed by atoms with Gasteiger partial charge in [0, 0.05) is 30.2 Å². The summed E-state index contributed by atoms with van der Waals surface area (Å²) >= 11 is 0. The molecule has 1 aromatic heterocycles. The lowest BCUT2D eigenvalue weighted by Crippen LogP contribution is -2.44. The van der Waals surface area contributed by atoms with Gasteiger partial charge in [0.2, 0.25) is 5.91 Å². The van der Waals surface area contributed by atoms with E-state index in [0.29, 0.717) is 13.0 Å². The van der Waals surface area contributed by atoms with Gasteiger partial charge in [-0.15, -0.1) is 0 Å². The standard InChI is InChI=1S/C15H22N4O/c1-19(2)8-7-17-15(20)13(16)9-11-10-18-14-6-4-3-5-12(11)14/h3-6,10,13,18H,7-9,16H2,1-2H3,(H,17,20)/t13-/m0/s1. The quantitative estimate of drug-likeness (QED) is 0.726. The second kappa shape index (κ2) is 6.54. The zero-order valence-electron chi connectivity index (χ0n) is 12.0. The molecule has 0 aliphatic heterocycles. The molecule has 108 valence electrons. The number of hydrogen-bond donors (Lipinski definition) is 3. The topological polar surface area (TPSA) is 74.2 Å². The van der Waals surface area contributed by atoms with Crippen molar-refractivity contribution in [2.24, 2.45) is 5.73 Å². The molecule has 4 N–H and O–H groups in total. The van der Waals surface area contributed by atoms with Gasteiger partial charge in [0.1, 0.15) is 0 Å². The van der Waals surface area contributed by atoms with E-state index in [2.05, 4.69) is 10.3 Å². The van der Waals surface area contributed by atoms with Gasteiger partial charge in [-0.05, 0) is 32.1 Å². The molecule has 20 heavy (non-hydrogen) atoms. The van der Waals surface area contributed by atoms with Gasteiger partial charge in [0.05, 0.1) is 6.04 Å². The summed E-state index contributed by atoms with van der Waals surface area (Å²) in [5, 5.41) is 3.99. The Morgan fingerprint density at radius 3 is 2.90 bits per heavy atom. The highest BCUT2D eigenvalue weighted by molar-refractivity contribution is 5.86. The van der Waals surface area contributed by atoms with Crippen LogP contribution in [0.4, 0.5) is 0 Å². The van der Waals surface area contributed by atoms with Crippen LogP contribution in [-0.4, -0.2) is 49.0 Å². The van der Waals surface area contributed by atoms with Gasteiger partial charge >= 0.3 is 0 Å². The number of carbonyl (C=O) groups is 1. The van der Waals surface area contributed by atoms with Gasteiger partial charge < -0.3 is 20.9 Å². The van der Waals surface area contributed by atoms with Crippen molar-refractivity contribution < 1.29 is 4.79 Å². The molecule has 0 radical (unpaired) electrons. The fourth-order valence-electron chi connectivity index (χ4n) is 2.16. The van der Waals surface area contributed by atoms with Crippen LogP contribution in [0.15, 0.2) is 30.5 Å². The fourth-order valence-corrected chi connectivity index (χ4v) is 2.16. The number of nitrogens with two attached hydrogens (primary N) is 1. The Morgan fingerprint density at radius 1 is 1.40 bits per heavy atom. The molecule has 5 heteroatoms. The van der Waals surface area contributed by atoms with Crippen LogP contribution in [0.5, 0.6) is 0 Å². The molecule has 1 atom stereocenters. The van der Waals surface area contributed by atoms with Crippen LogP contribution >= 0.6 is 0 Å². The average Bonchev–Trinajstić information content (AvgIpc) is 2.81. The number of benzene rings is 1. The Hall–Kier alpha value is -1.85. The summed E-state index contributed by atoms with van der Waals surface area (Å²) in [5.74, 6) is -0.0999. The first-order valence-electron chi connectivity index (χ1n) is 6.81. The van der Waals surface area contributed by atoms with Crippen molar-refractivity contribution in [3.63, 3.8) is 0 Å². The Balaban J connectivity index is 1.93. The van der Waals surface area contributed by atoms with Gasteiger partial charge in [-0.25, -0.2) is 0 Å². The summed E-state index contributed by atoms with van der Waals surface area (Å²) < 4.78 is 0. The number of amides is 1. The van der Waals surface area contributed by atoms with Gasteiger partial charge in [-0.2, -0.15) is 0 Å². The zero-order chi connectivity index (χ0) is 14.5. The molecule has 2 aromatic rings. The number of aromatic amines is 1. The number of hydrogen-bond acceptors (Lipinski definition) is 3. The number of nitrogens with zero attached hydrogens (tertiary/aromatic N) is 1. The van der Waals surface area contributed by atoms with Crippen LogP contribution < -0.4 is 11.1 Å². The van der Waals surface area contributed by atoms with Crippen molar-refractivity contribution in [1.82, 2.24) is 15.2 Å². The van der Waals surface area contributed by atoms with E-state index >= 15 is 0 Å². The molecule has 1 aromatic carbocycles. The lowest BCUT2D eigenvalue weighted by molar-refractivity contribution is -0.122. The molecule has 0 saturated carbocycles. The normalized spacial score (nSPS) is 12.8. The molecular weight excluding hydrogens is 252 g/mol. The number of rotatable bonds is 6. The molecule has 5 nitrogen and oxygen atoms in total. The molecule has 1 amide bonds. The van der Waals surface area contributed by atoms with Gasteiger partial charge in [0.15, 0.2) is 0 Å². The lowest BCUT2D eigenvalue weighted by Gasteiger charge is -2.14. The second-order valence-corrected chi connectivity index (χ2v) is 5.26. The van der Waals surface area contributed by atoms with Crippen molar-refractivity contribution in [2.75, 3.05) is 27.2 Å². The maximum atomic E-state index is 11.9. The molecule has 0 fully saturated rings. The third kappa shape index (κ3) is 3.59. The molecule has 1 heterocycles. The van der Waals surface area contributed by atoms with E-state index in [1.807, 2.05) is 49.5 Å². The summed E-state index contributed by atoms with van der Waals surface area (Å²) in [4.78, 5) is 17.1. The third-order valence-corrected chi connectivity index (χ3v) is 3.31.